The molecule has 104 valence electrons. The largest absolute Gasteiger partial charge is 0.312 e. The maximum atomic E-state index is 3.57. The van der Waals surface area contributed by atoms with Crippen molar-refractivity contribution in [2.45, 2.75) is 18.9 Å². The lowest BCUT2D eigenvalue weighted by atomic mass is 9.90. The van der Waals surface area contributed by atoms with Crippen LogP contribution in [0.4, 0.5) is 0 Å². The minimum atomic E-state index is 0.661. The van der Waals surface area contributed by atoms with E-state index in [0.717, 1.165) is 13.1 Å². The number of rotatable bonds is 2. The Balaban J connectivity index is 1.67. The standard InChI is InChI=1S/C16H25N3/c1-18-7-4-8-19(10-9-18)13-15-12-17-11-14-5-2-3-6-16(14)15/h2-3,5-6,15,17H,4,7-13H2,1H3. The van der Waals surface area contributed by atoms with Gasteiger partial charge in [0, 0.05) is 38.6 Å². The van der Waals surface area contributed by atoms with Crippen LogP contribution in [0.2, 0.25) is 0 Å². The van der Waals surface area contributed by atoms with Gasteiger partial charge in [-0.2, -0.15) is 0 Å². The van der Waals surface area contributed by atoms with Crippen molar-refractivity contribution in [3.8, 4) is 0 Å². The highest BCUT2D eigenvalue weighted by Gasteiger charge is 2.22. The number of likely N-dealkylation sites (N-methyl/N-ethyl adjacent to an activating group) is 1. The van der Waals surface area contributed by atoms with E-state index < -0.39 is 0 Å². The summed E-state index contributed by atoms with van der Waals surface area (Å²) in [7, 11) is 2.24. The van der Waals surface area contributed by atoms with Crippen LogP contribution in [0.5, 0.6) is 0 Å². The molecule has 1 fully saturated rings. The number of fused-ring (bicyclic) bond motifs is 1. The van der Waals surface area contributed by atoms with E-state index in [2.05, 4.69) is 46.4 Å². The summed E-state index contributed by atoms with van der Waals surface area (Å²) >= 11 is 0. The van der Waals surface area contributed by atoms with Crippen molar-refractivity contribution < 1.29 is 0 Å². The highest BCUT2D eigenvalue weighted by Crippen LogP contribution is 2.24. The van der Waals surface area contributed by atoms with E-state index in [9.17, 15) is 0 Å². The van der Waals surface area contributed by atoms with Crippen molar-refractivity contribution >= 4 is 0 Å². The fourth-order valence-electron chi connectivity index (χ4n) is 3.34. The quantitative estimate of drug-likeness (QED) is 0.868. The van der Waals surface area contributed by atoms with Crippen LogP contribution < -0.4 is 5.32 Å². The molecule has 1 saturated heterocycles. The van der Waals surface area contributed by atoms with Crippen molar-refractivity contribution in [1.82, 2.24) is 15.1 Å². The molecule has 2 heterocycles. The second kappa shape index (κ2) is 6.04. The zero-order valence-corrected chi connectivity index (χ0v) is 11.9. The normalized spacial score (nSPS) is 25.8. The molecule has 0 spiro atoms. The molecule has 3 heteroatoms. The lowest BCUT2D eigenvalue weighted by Crippen LogP contribution is -2.38. The maximum Gasteiger partial charge on any atom is 0.0208 e. The van der Waals surface area contributed by atoms with E-state index in [1.165, 1.54) is 44.7 Å². The van der Waals surface area contributed by atoms with E-state index >= 15 is 0 Å². The predicted octanol–water partition coefficient (Wildman–Crippen LogP) is 1.51. The average Bonchev–Trinajstić information content (AvgIpc) is 2.64. The van der Waals surface area contributed by atoms with Gasteiger partial charge in [-0.1, -0.05) is 24.3 Å². The van der Waals surface area contributed by atoms with Crippen LogP contribution in [0, 0.1) is 0 Å². The third-order valence-electron chi connectivity index (χ3n) is 4.49. The van der Waals surface area contributed by atoms with Crippen LogP contribution in [0.15, 0.2) is 24.3 Å². The van der Waals surface area contributed by atoms with E-state index in [1.807, 2.05) is 0 Å². The van der Waals surface area contributed by atoms with Crippen LogP contribution in [0.3, 0.4) is 0 Å². The Kier molecular flexibility index (Phi) is 4.16. The smallest absolute Gasteiger partial charge is 0.0208 e. The summed E-state index contributed by atoms with van der Waals surface area (Å²) in [5.41, 5.74) is 3.06. The Morgan fingerprint density at radius 3 is 3.00 bits per heavy atom. The first-order valence-corrected chi connectivity index (χ1v) is 7.52. The molecule has 0 aliphatic carbocycles. The SMILES string of the molecule is CN1CCCN(CC2CNCc3ccccc32)CC1. The Labute approximate surface area is 116 Å². The molecule has 1 aromatic rings. The van der Waals surface area contributed by atoms with E-state index in [-0.39, 0.29) is 0 Å². The van der Waals surface area contributed by atoms with Crippen molar-refractivity contribution in [1.29, 1.82) is 0 Å². The fraction of sp³-hybridized carbons (Fsp3) is 0.625. The average molecular weight is 259 g/mol. The summed E-state index contributed by atoms with van der Waals surface area (Å²) in [5.74, 6) is 0.661. The molecular formula is C16H25N3. The summed E-state index contributed by atoms with van der Waals surface area (Å²) in [6.45, 7) is 8.30. The number of nitrogens with zero attached hydrogens (tertiary/aromatic N) is 2. The molecule has 2 aliphatic heterocycles. The maximum absolute atomic E-state index is 3.57. The summed E-state index contributed by atoms with van der Waals surface area (Å²) in [6.07, 6.45) is 1.30. The van der Waals surface area contributed by atoms with Crippen LogP contribution in [-0.2, 0) is 6.54 Å². The highest BCUT2D eigenvalue weighted by molar-refractivity contribution is 5.32. The Morgan fingerprint density at radius 2 is 2.05 bits per heavy atom. The molecule has 3 rings (SSSR count). The van der Waals surface area contributed by atoms with Crippen LogP contribution in [0.25, 0.3) is 0 Å². The predicted molar refractivity (Wildman–Crippen MR) is 79.4 cm³/mol. The lowest BCUT2D eigenvalue weighted by Gasteiger charge is -2.31. The van der Waals surface area contributed by atoms with Gasteiger partial charge in [-0.3, -0.25) is 0 Å². The van der Waals surface area contributed by atoms with Gasteiger partial charge < -0.3 is 15.1 Å². The molecule has 0 bridgehead atoms. The number of hydrogen-bond donors (Lipinski definition) is 1. The van der Waals surface area contributed by atoms with Crippen LogP contribution >= 0.6 is 0 Å². The van der Waals surface area contributed by atoms with E-state index in [1.54, 1.807) is 5.56 Å². The van der Waals surface area contributed by atoms with Crippen LogP contribution in [-0.4, -0.2) is 56.1 Å². The molecule has 2 aliphatic rings. The molecular weight excluding hydrogens is 234 g/mol. The van der Waals surface area contributed by atoms with Gasteiger partial charge in [-0.05, 0) is 37.7 Å². The van der Waals surface area contributed by atoms with Crippen molar-refractivity contribution in [2.75, 3.05) is 46.3 Å². The van der Waals surface area contributed by atoms with Gasteiger partial charge in [0.1, 0.15) is 0 Å². The summed E-state index contributed by atoms with van der Waals surface area (Å²) in [5, 5.41) is 3.57. The molecule has 3 nitrogen and oxygen atoms in total. The molecule has 1 atom stereocenters. The Hall–Kier alpha value is -0.900. The zero-order chi connectivity index (χ0) is 13.1. The molecule has 1 aromatic carbocycles. The van der Waals surface area contributed by atoms with Crippen molar-refractivity contribution in [3.05, 3.63) is 35.4 Å². The van der Waals surface area contributed by atoms with Gasteiger partial charge in [0.2, 0.25) is 0 Å². The second-order valence-electron chi connectivity index (χ2n) is 5.98. The lowest BCUT2D eigenvalue weighted by molar-refractivity contribution is 0.254. The van der Waals surface area contributed by atoms with Crippen molar-refractivity contribution in [2.24, 2.45) is 0 Å². The second-order valence-corrected chi connectivity index (χ2v) is 5.98. The van der Waals surface area contributed by atoms with Gasteiger partial charge in [-0.25, -0.2) is 0 Å². The van der Waals surface area contributed by atoms with Crippen molar-refractivity contribution in [3.63, 3.8) is 0 Å². The third-order valence-corrected chi connectivity index (χ3v) is 4.49. The first kappa shape index (κ1) is 13.1. The molecule has 19 heavy (non-hydrogen) atoms. The van der Waals surface area contributed by atoms with Gasteiger partial charge in [-0.15, -0.1) is 0 Å². The molecule has 0 aromatic heterocycles. The highest BCUT2D eigenvalue weighted by atomic mass is 15.2. The fourth-order valence-corrected chi connectivity index (χ4v) is 3.34. The zero-order valence-electron chi connectivity index (χ0n) is 11.9. The first-order chi connectivity index (χ1) is 9.33. The number of hydrogen-bond acceptors (Lipinski definition) is 3. The topological polar surface area (TPSA) is 18.5 Å². The summed E-state index contributed by atoms with van der Waals surface area (Å²) in [4.78, 5) is 5.10. The van der Waals surface area contributed by atoms with Crippen LogP contribution in [0.1, 0.15) is 23.5 Å². The van der Waals surface area contributed by atoms with Gasteiger partial charge in [0.05, 0.1) is 0 Å². The Morgan fingerprint density at radius 1 is 1.16 bits per heavy atom. The first-order valence-electron chi connectivity index (χ1n) is 7.52. The van der Waals surface area contributed by atoms with Gasteiger partial charge >= 0.3 is 0 Å². The monoisotopic (exact) mass is 259 g/mol. The molecule has 1 N–H and O–H groups in total. The third kappa shape index (κ3) is 3.16. The molecule has 0 radical (unpaired) electrons. The van der Waals surface area contributed by atoms with E-state index in [0.29, 0.717) is 5.92 Å². The summed E-state index contributed by atoms with van der Waals surface area (Å²) < 4.78 is 0. The minimum Gasteiger partial charge on any atom is -0.312 e. The van der Waals surface area contributed by atoms with E-state index in [4.69, 9.17) is 0 Å². The molecule has 0 saturated carbocycles. The molecule has 0 amide bonds. The molecule has 1 unspecified atom stereocenters. The summed E-state index contributed by atoms with van der Waals surface area (Å²) in [6, 6.07) is 8.94. The van der Waals surface area contributed by atoms with Gasteiger partial charge in [0.25, 0.3) is 0 Å². The number of benzene rings is 1. The Bertz CT molecular complexity index is 418. The van der Waals surface area contributed by atoms with Gasteiger partial charge in [0.15, 0.2) is 0 Å². The number of nitrogens with one attached hydrogen (secondary N) is 1. The minimum absolute atomic E-state index is 0.661.